The summed E-state index contributed by atoms with van der Waals surface area (Å²) in [6.07, 6.45) is 13.2. The monoisotopic (exact) mass is 1130 g/mol. The minimum absolute atomic E-state index is 0.321. The number of anilines is 8. The summed E-state index contributed by atoms with van der Waals surface area (Å²) in [6, 6.07) is 28.6. The van der Waals surface area contributed by atoms with Gasteiger partial charge in [0.25, 0.3) is 0 Å². The number of pyridine rings is 2. The Kier molecular flexibility index (Phi) is 17.8. The van der Waals surface area contributed by atoms with Gasteiger partial charge in [-0.05, 0) is 100 Å². The van der Waals surface area contributed by atoms with Crippen LogP contribution in [0.4, 0.5) is 46.3 Å². The number of piperazine rings is 2. The Balaban J connectivity index is 0.000000181. The van der Waals surface area contributed by atoms with Gasteiger partial charge in [0.2, 0.25) is 31.9 Å². The maximum absolute atomic E-state index is 12.1. The van der Waals surface area contributed by atoms with Crippen molar-refractivity contribution in [2.75, 3.05) is 108 Å². The predicted molar refractivity (Wildman–Crippen MR) is 318 cm³/mol. The van der Waals surface area contributed by atoms with Crippen LogP contribution in [0.15, 0.2) is 122 Å². The number of fused-ring (bicyclic) bond motifs is 2. The van der Waals surface area contributed by atoms with E-state index in [0.29, 0.717) is 61.4 Å². The van der Waals surface area contributed by atoms with E-state index in [1.165, 1.54) is 34.6 Å². The zero-order valence-electron chi connectivity index (χ0n) is 46.5. The third-order valence-corrected chi connectivity index (χ3v) is 16.5. The Bertz CT molecular complexity index is 3600. The molecule has 0 spiro atoms. The van der Waals surface area contributed by atoms with Crippen molar-refractivity contribution in [2.24, 2.45) is 0 Å². The van der Waals surface area contributed by atoms with Gasteiger partial charge in [0, 0.05) is 154 Å². The van der Waals surface area contributed by atoms with Gasteiger partial charge >= 0.3 is 0 Å². The first-order chi connectivity index (χ1) is 38.2. The summed E-state index contributed by atoms with van der Waals surface area (Å²) < 4.78 is 59.4. The van der Waals surface area contributed by atoms with Gasteiger partial charge in [-0.3, -0.25) is 13.5 Å². The SMILES string of the molecule is C[C@H](O)CN1CCN(c2ccc(Nc3ncc4ccn(Cc5cccnc5N(C)S(C)(=O)=O)c4n3)cc2)C[C@@H]1C.C[C@H]1CN(c2ccc(Nc3ncc4ccn(Cc5cccnc5N(C)S(C)(=O)=O)c4n3)cc2)CCN1.C[C@H]1CO1. The number of aromatic nitrogens is 8. The van der Waals surface area contributed by atoms with E-state index >= 15 is 0 Å². The number of aliphatic hydroxyl groups excluding tert-OH is 1. The lowest BCUT2D eigenvalue weighted by atomic mass is 10.1. The van der Waals surface area contributed by atoms with Crippen LogP contribution in [0.25, 0.3) is 22.1 Å². The number of nitrogens with zero attached hydrogens (tertiary/aromatic N) is 13. The summed E-state index contributed by atoms with van der Waals surface area (Å²) >= 11 is 0. The van der Waals surface area contributed by atoms with Crippen LogP contribution >= 0.6 is 0 Å². The smallest absolute Gasteiger partial charge is 0.233 e. The number of ether oxygens (including phenoxy) is 1. The van der Waals surface area contributed by atoms with Gasteiger partial charge < -0.3 is 44.7 Å². The molecule has 3 fully saturated rings. The van der Waals surface area contributed by atoms with Crippen LogP contribution in [0.5, 0.6) is 0 Å². The summed E-state index contributed by atoms with van der Waals surface area (Å²) in [4.78, 5) is 34.2. The molecular weight excluding hydrogens is 1060 g/mol. The summed E-state index contributed by atoms with van der Waals surface area (Å²) in [5.41, 5.74) is 7.16. The van der Waals surface area contributed by atoms with Crippen molar-refractivity contribution in [3.8, 4) is 0 Å². The molecule has 8 aromatic rings. The Morgan fingerprint density at radius 2 is 1.14 bits per heavy atom. The molecule has 2 aromatic carbocycles. The van der Waals surface area contributed by atoms with Crippen LogP contribution in [-0.4, -0.2) is 169 Å². The number of epoxide rings is 1. The van der Waals surface area contributed by atoms with Gasteiger partial charge in [-0.1, -0.05) is 12.1 Å². The standard InChI is InChI=1S/C28H36N8O3S.C25H30N8O2S.C3H6O/c1-20-17-35(15-14-34(20)18-21(2)37)25-9-7-24(8-10-25)31-28-30-16-22-11-13-36(27(22)32-28)19-23-6-5-12-29-26(23)33(3)40(4,38)39;1-18-16-32(14-12-26-18)22-8-6-21(7-9-22)29-25-28-15-19-10-13-33(24(19)30-25)17-20-5-4-11-27-23(20)31(2)36(3,34)35;1-3-2-4-3/h5-13,16,20-21,37H,14-15,17-19H2,1-4H3,(H,30,31,32);4-11,13,15,18,26H,12,14,16-17H2,1-3H3,(H,28,29,30);3H,2H2,1H3/t20-,21-;18-;3-/m000/s1. The summed E-state index contributed by atoms with van der Waals surface area (Å²) in [6.45, 7) is 16.5. The van der Waals surface area contributed by atoms with Crippen LogP contribution in [0.2, 0.25) is 0 Å². The van der Waals surface area contributed by atoms with Crippen LogP contribution in [0.3, 0.4) is 0 Å². The molecule has 0 radical (unpaired) electrons. The number of benzene rings is 2. The lowest BCUT2D eigenvalue weighted by Gasteiger charge is -2.41. The molecule has 3 aliphatic heterocycles. The number of sulfonamides is 2. The van der Waals surface area contributed by atoms with E-state index in [4.69, 9.17) is 14.7 Å². The molecule has 9 heterocycles. The molecule has 22 nitrogen and oxygen atoms in total. The summed E-state index contributed by atoms with van der Waals surface area (Å²) in [5, 5.41) is 21.6. The van der Waals surface area contributed by atoms with E-state index in [1.807, 2.05) is 77.0 Å². The summed E-state index contributed by atoms with van der Waals surface area (Å²) in [7, 11) is -3.87. The van der Waals surface area contributed by atoms with Crippen molar-refractivity contribution >= 4 is 88.4 Å². The van der Waals surface area contributed by atoms with Crippen molar-refractivity contribution in [2.45, 2.75) is 65.1 Å². The van der Waals surface area contributed by atoms with Gasteiger partial charge in [-0.2, -0.15) is 9.97 Å². The molecule has 80 heavy (non-hydrogen) atoms. The predicted octanol–water partition coefficient (Wildman–Crippen LogP) is 6.12. The minimum atomic E-state index is -3.45. The van der Waals surface area contributed by atoms with Crippen LogP contribution < -0.4 is 34.4 Å². The summed E-state index contributed by atoms with van der Waals surface area (Å²) in [5.74, 6) is 1.75. The number of hydrogen-bond acceptors (Lipinski definition) is 18. The minimum Gasteiger partial charge on any atom is -0.392 e. The second-order valence-electron chi connectivity index (χ2n) is 20.7. The quantitative estimate of drug-likeness (QED) is 0.0797. The molecule has 0 aliphatic carbocycles. The fourth-order valence-electron chi connectivity index (χ4n) is 9.55. The second kappa shape index (κ2) is 24.9. The van der Waals surface area contributed by atoms with E-state index in [9.17, 15) is 21.9 Å². The van der Waals surface area contributed by atoms with E-state index in [0.717, 1.165) is 102 Å². The van der Waals surface area contributed by atoms with E-state index in [2.05, 4.69) is 95.6 Å². The van der Waals surface area contributed by atoms with Gasteiger partial charge in [0.05, 0.1) is 44.4 Å². The highest BCUT2D eigenvalue weighted by Gasteiger charge is 2.25. The normalized spacial score (nSPS) is 17.9. The second-order valence-corrected chi connectivity index (χ2v) is 24.7. The number of rotatable bonds is 16. The Morgan fingerprint density at radius 3 is 1.55 bits per heavy atom. The van der Waals surface area contributed by atoms with E-state index < -0.39 is 20.0 Å². The lowest BCUT2D eigenvalue weighted by Crippen LogP contribution is -2.53. The van der Waals surface area contributed by atoms with Gasteiger partial charge in [0.1, 0.15) is 22.9 Å². The van der Waals surface area contributed by atoms with E-state index in [1.54, 1.807) is 36.9 Å². The topological polar surface area (TPSA) is 241 Å². The maximum atomic E-state index is 12.1. The van der Waals surface area contributed by atoms with Crippen LogP contribution in [0.1, 0.15) is 38.8 Å². The Morgan fingerprint density at radius 1 is 0.675 bits per heavy atom. The molecule has 3 aliphatic rings. The highest BCUT2D eigenvalue weighted by molar-refractivity contribution is 7.92. The fourth-order valence-corrected chi connectivity index (χ4v) is 10.5. The molecule has 0 bridgehead atoms. The number of nitrogens with one attached hydrogen (secondary N) is 3. The first kappa shape index (κ1) is 57.2. The van der Waals surface area contributed by atoms with Crippen molar-refractivity contribution in [1.29, 1.82) is 0 Å². The highest BCUT2D eigenvalue weighted by Crippen LogP contribution is 2.28. The maximum Gasteiger partial charge on any atom is 0.233 e. The van der Waals surface area contributed by atoms with Crippen molar-refractivity contribution < 1.29 is 26.7 Å². The molecule has 24 heteroatoms. The first-order valence-electron chi connectivity index (χ1n) is 26.7. The molecule has 0 unspecified atom stereocenters. The molecule has 6 aromatic heterocycles. The first-order valence-corrected chi connectivity index (χ1v) is 30.4. The fraction of sp³-hybridized carbons (Fsp3) is 0.393. The van der Waals surface area contributed by atoms with Crippen molar-refractivity contribution in [3.05, 3.63) is 133 Å². The largest absolute Gasteiger partial charge is 0.392 e. The van der Waals surface area contributed by atoms with Gasteiger partial charge in [0.15, 0.2) is 0 Å². The van der Waals surface area contributed by atoms with Crippen molar-refractivity contribution in [3.63, 3.8) is 0 Å². The number of β-amino-alcohol motifs (C(OH)–C–C–N with tert-alkyl or cyclic N) is 1. The molecule has 3 saturated heterocycles. The van der Waals surface area contributed by atoms with Gasteiger partial charge in [-0.25, -0.2) is 36.8 Å². The van der Waals surface area contributed by atoms with Gasteiger partial charge in [-0.15, -0.1) is 0 Å². The van der Waals surface area contributed by atoms with E-state index in [-0.39, 0.29) is 6.10 Å². The average Bonchev–Trinajstić information content (AvgIpc) is 3.98. The molecule has 4 N–H and O–H groups in total. The molecule has 4 atom stereocenters. The Labute approximate surface area is 468 Å². The molecular formula is C56H72N16O6S2. The molecule has 424 valence electrons. The lowest BCUT2D eigenvalue weighted by molar-refractivity contribution is 0.0960. The van der Waals surface area contributed by atoms with Crippen LogP contribution in [0, 0.1) is 0 Å². The average molecular weight is 1130 g/mol. The van der Waals surface area contributed by atoms with Crippen molar-refractivity contribution in [1.82, 2.24) is 49.3 Å². The van der Waals surface area contributed by atoms with Crippen LogP contribution in [-0.2, 0) is 37.9 Å². The third-order valence-electron chi connectivity index (χ3n) is 14.1. The zero-order valence-corrected chi connectivity index (χ0v) is 48.2. The number of hydrogen-bond donors (Lipinski definition) is 4. The molecule has 0 amide bonds. The molecule has 0 saturated carbocycles. The third kappa shape index (κ3) is 14.7. The zero-order chi connectivity index (χ0) is 56.7. The number of aliphatic hydroxyl groups is 1. The Hall–Kier alpha value is -7.48. The molecule has 11 rings (SSSR count). The highest BCUT2D eigenvalue weighted by atomic mass is 32.2.